The van der Waals surface area contributed by atoms with Gasteiger partial charge < -0.3 is 10.6 Å². The van der Waals surface area contributed by atoms with Gasteiger partial charge in [0.15, 0.2) is 0 Å². The number of aryl methyl sites for hydroxylation is 1. The average molecular weight is 373 g/mol. The van der Waals surface area contributed by atoms with E-state index >= 15 is 0 Å². The molecule has 0 unspecified atom stereocenters. The molecule has 0 spiro atoms. The van der Waals surface area contributed by atoms with Gasteiger partial charge in [-0.2, -0.15) is 0 Å². The highest BCUT2D eigenvalue weighted by Crippen LogP contribution is 2.31. The summed E-state index contributed by atoms with van der Waals surface area (Å²) in [7, 11) is 0. The molecule has 0 radical (unpaired) electrons. The molecular weight excluding hydrogens is 354 g/mol. The number of benzene rings is 3. The van der Waals surface area contributed by atoms with Gasteiger partial charge in [-0.25, -0.2) is 9.78 Å². The number of nitrogens with zero attached hydrogens (tertiary/aromatic N) is 1. The minimum atomic E-state index is -0.220. The van der Waals surface area contributed by atoms with Gasteiger partial charge >= 0.3 is 6.03 Å². The lowest BCUT2D eigenvalue weighted by Gasteiger charge is -2.08. The monoisotopic (exact) mass is 373 g/mol. The van der Waals surface area contributed by atoms with E-state index in [1.165, 1.54) is 10.3 Å². The summed E-state index contributed by atoms with van der Waals surface area (Å²) in [6.45, 7) is 2.58. The fourth-order valence-electron chi connectivity index (χ4n) is 2.80. The van der Waals surface area contributed by atoms with Crippen molar-refractivity contribution in [2.24, 2.45) is 0 Å². The first-order chi connectivity index (χ1) is 13.2. The maximum atomic E-state index is 12.1. The third-order valence-electron chi connectivity index (χ3n) is 4.23. The normalized spacial score (nSPS) is 10.7. The highest BCUT2D eigenvalue weighted by atomic mass is 32.1. The third kappa shape index (κ3) is 4.15. The van der Waals surface area contributed by atoms with Gasteiger partial charge in [0.25, 0.3) is 0 Å². The van der Waals surface area contributed by atoms with Crippen LogP contribution in [0.3, 0.4) is 0 Å². The Balaban J connectivity index is 1.41. The molecule has 27 heavy (non-hydrogen) atoms. The Labute approximate surface area is 161 Å². The summed E-state index contributed by atoms with van der Waals surface area (Å²) in [5.74, 6) is 0. The van der Waals surface area contributed by atoms with E-state index in [0.29, 0.717) is 6.54 Å². The summed E-state index contributed by atoms with van der Waals surface area (Å²) >= 11 is 1.68. The maximum absolute atomic E-state index is 12.1. The number of fused-ring (bicyclic) bond motifs is 1. The Morgan fingerprint density at radius 1 is 1.00 bits per heavy atom. The number of aromatic nitrogens is 1. The van der Waals surface area contributed by atoms with E-state index in [0.717, 1.165) is 27.3 Å². The molecule has 0 saturated carbocycles. The number of urea groups is 1. The largest absolute Gasteiger partial charge is 0.334 e. The number of carbonyl (C=O) groups is 1. The van der Waals surface area contributed by atoms with Crippen molar-refractivity contribution in [2.45, 2.75) is 13.5 Å². The molecular formula is C22H19N3OS. The molecule has 0 bridgehead atoms. The van der Waals surface area contributed by atoms with Crippen molar-refractivity contribution in [2.75, 3.05) is 5.32 Å². The molecule has 5 heteroatoms. The highest BCUT2D eigenvalue weighted by Gasteiger charge is 2.07. The zero-order valence-electron chi connectivity index (χ0n) is 14.9. The van der Waals surface area contributed by atoms with Crippen LogP contribution in [0.2, 0.25) is 0 Å². The average Bonchev–Trinajstić information content (AvgIpc) is 3.11. The summed E-state index contributed by atoms with van der Waals surface area (Å²) in [4.78, 5) is 16.8. The molecule has 0 aliphatic heterocycles. The minimum Gasteiger partial charge on any atom is -0.334 e. The van der Waals surface area contributed by atoms with Crippen LogP contribution in [0.5, 0.6) is 0 Å². The molecule has 1 heterocycles. The second-order valence-corrected chi connectivity index (χ2v) is 7.39. The lowest BCUT2D eigenvalue weighted by atomic mass is 10.2. The van der Waals surface area contributed by atoms with Crippen molar-refractivity contribution in [3.05, 3.63) is 83.9 Å². The second-order valence-electron chi connectivity index (χ2n) is 6.36. The van der Waals surface area contributed by atoms with Crippen LogP contribution in [0.1, 0.15) is 11.1 Å². The topological polar surface area (TPSA) is 54.0 Å². The molecule has 0 aliphatic rings. The first-order valence-electron chi connectivity index (χ1n) is 8.74. The molecule has 4 nitrogen and oxygen atoms in total. The Hall–Kier alpha value is -3.18. The molecule has 0 atom stereocenters. The van der Waals surface area contributed by atoms with Gasteiger partial charge in [0.05, 0.1) is 10.2 Å². The fraction of sp³-hybridized carbons (Fsp3) is 0.0909. The van der Waals surface area contributed by atoms with Crippen LogP contribution in [-0.2, 0) is 6.54 Å². The van der Waals surface area contributed by atoms with Crippen LogP contribution in [0.4, 0.5) is 10.5 Å². The van der Waals surface area contributed by atoms with Crippen molar-refractivity contribution in [3.63, 3.8) is 0 Å². The number of rotatable bonds is 4. The molecule has 1 aromatic heterocycles. The van der Waals surface area contributed by atoms with Crippen molar-refractivity contribution in [3.8, 4) is 10.6 Å². The molecule has 0 fully saturated rings. The molecule has 0 saturated heterocycles. The van der Waals surface area contributed by atoms with Crippen LogP contribution in [0.25, 0.3) is 20.8 Å². The second kappa shape index (κ2) is 7.60. The summed E-state index contributed by atoms with van der Waals surface area (Å²) < 4.78 is 1.19. The lowest BCUT2D eigenvalue weighted by Crippen LogP contribution is -2.28. The Kier molecular flexibility index (Phi) is 4.85. The van der Waals surface area contributed by atoms with Crippen LogP contribution in [0, 0.1) is 6.92 Å². The van der Waals surface area contributed by atoms with Gasteiger partial charge in [0.1, 0.15) is 5.01 Å². The molecule has 2 N–H and O–H groups in total. The van der Waals surface area contributed by atoms with E-state index < -0.39 is 0 Å². The zero-order valence-corrected chi connectivity index (χ0v) is 15.7. The van der Waals surface area contributed by atoms with Crippen LogP contribution >= 0.6 is 11.3 Å². The first-order valence-corrected chi connectivity index (χ1v) is 9.55. The molecule has 3 aromatic carbocycles. The molecule has 4 rings (SSSR count). The van der Waals surface area contributed by atoms with Crippen molar-refractivity contribution < 1.29 is 4.79 Å². The van der Waals surface area contributed by atoms with Gasteiger partial charge in [0, 0.05) is 17.8 Å². The number of hydrogen-bond donors (Lipinski definition) is 2. The van der Waals surface area contributed by atoms with Crippen molar-refractivity contribution in [1.29, 1.82) is 0 Å². The number of carbonyl (C=O) groups excluding carboxylic acids is 1. The number of amides is 2. The van der Waals surface area contributed by atoms with Crippen LogP contribution in [0.15, 0.2) is 72.8 Å². The van der Waals surface area contributed by atoms with Crippen LogP contribution < -0.4 is 10.6 Å². The van der Waals surface area contributed by atoms with Gasteiger partial charge in [-0.1, -0.05) is 36.4 Å². The fourth-order valence-corrected chi connectivity index (χ4v) is 3.87. The summed E-state index contributed by atoms with van der Waals surface area (Å²) in [5, 5.41) is 6.70. The predicted octanol–water partition coefficient (Wildman–Crippen LogP) is 5.59. The number of nitrogens with one attached hydrogen (secondary N) is 2. The maximum Gasteiger partial charge on any atom is 0.319 e. The van der Waals surface area contributed by atoms with E-state index in [1.54, 1.807) is 11.3 Å². The zero-order chi connectivity index (χ0) is 18.6. The molecule has 134 valence electrons. The lowest BCUT2D eigenvalue weighted by molar-refractivity contribution is 0.251. The number of hydrogen-bond acceptors (Lipinski definition) is 3. The SMILES string of the molecule is Cc1ccc2nc(-c3ccc(NC(=O)NCc4ccccc4)cc3)sc2c1. The van der Waals surface area contributed by atoms with Gasteiger partial charge in [-0.15, -0.1) is 11.3 Å². The summed E-state index contributed by atoms with van der Waals surface area (Å²) in [6.07, 6.45) is 0. The Morgan fingerprint density at radius 2 is 1.78 bits per heavy atom. The van der Waals surface area contributed by atoms with E-state index in [4.69, 9.17) is 4.98 Å². The van der Waals surface area contributed by atoms with E-state index in [1.807, 2.05) is 54.6 Å². The quantitative estimate of drug-likeness (QED) is 0.490. The van der Waals surface area contributed by atoms with Gasteiger partial charge in [0.2, 0.25) is 0 Å². The minimum absolute atomic E-state index is 0.220. The smallest absolute Gasteiger partial charge is 0.319 e. The number of thiazole rings is 1. The summed E-state index contributed by atoms with van der Waals surface area (Å²) in [5.41, 5.74) is 5.11. The standard InChI is InChI=1S/C22H19N3OS/c1-15-7-12-19-20(13-15)27-21(25-19)17-8-10-18(11-9-17)24-22(26)23-14-16-5-3-2-4-6-16/h2-13H,14H2,1H3,(H2,23,24,26). The predicted molar refractivity (Wildman–Crippen MR) is 112 cm³/mol. The van der Waals surface area contributed by atoms with Gasteiger partial charge in [-0.05, 0) is 54.4 Å². The van der Waals surface area contributed by atoms with E-state index in [-0.39, 0.29) is 6.03 Å². The number of anilines is 1. The summed E-state index contributed by atoms with van der Waals surface area (Å²) in [6, 6.07) is 23.7. The molecule has 2 amide bonds. The van der Waals surface area contributed by atoms with Crippen LogP contribution in [-0.4, -0.2) is 11.0 Å². The van der Waals surface area contributed by atoms with E-state index in [9.17, 15) is 4.79 Å². The highest BCUT2D eigenvalue weighted by molar-refractivity contribution is 7.21. The van der Waals surface area contributed by atoms with Crippen molar-refractivity contribution in [1.82, 2.24) is 10.3 Å². The van der Waals surface area contributed by atoms with Gasteiger partial charge in [-0.3, -0.25) is 0 Å². The van der Waals surface area contributed by atoms with E-state index in [2.05, 4.69) is 35.8 Å². The van der Waals surface area contributed by atoms with Crippen molar-refractivity contribution >= 4 is 33.3 Å². The third-order valence-corrected chi connectivity index (χ3v) is 5.30. The molecule has 0 aliphatic carbocycles. The molecule has 4 aromatic rings. The Bertz CT molecular complexity index is 1070. The first kappa shape index (κ1) is 17.2. The Morgan fingerprint density at radius 3 is 2.56 bits per heavy atom.